The molecular formula is C25H21F3N4O2. The number of hydrogen-bond donors (Lipinski definition) is 1. The number of carbonyl (C=O) groups excluding carboxylic acids is 1. The molecule has 0 bridgehead atoms. The fourth-order valence-corrected chi connectivity index (χ4v) is 4.42. The summed E-state index contributed by atoms with van der Waals surface area (Å²) in [6.07, 6.45) is -3.92. The fraction of sp³-hybridized carbons (Fsp3) is 0.240. The lowest BCUT2D eigenvalue weighted by molar-refractivity contribution is -0.137. The number of aromatic amines is 1. The monoisotopic (exact) mass is 466 g/mol. The van der Waals surface area contributed by atoms with Crippen molar-refractivity contribution < 1.29 is 18.0 Å². The number of aryl methyl sites for hydroxylation is 2. The Labute approximate surface area is 192 Å². The molecular weight excluding hydrogens is 445 g/mol. The summed E-state index contributed by atoms with van der Waals surface area (Å²) in [5.41, 5.74) is 2.88. The van der Waals surface area contributed by atoms with Gasteiger partial charge in [-0.3, -0.25) is 9.59 Å². The lowest BCUT2D eigenvalue weighted by Gasteiger charge is -2.27. The molecule has 2 aromatic heterocycles. The van der Waals surface area contributed by atoms with Gasteiger partial charge >= 0.3 is 6.18 Å². The molecule has 0 saturated carbocycles. The molecule has 0 fully saturated rings. The van der Waals surface area contributed by atoms with Crippen molar-refractivity contribution in [2.24, 2.45) is 0 Å². The second kappa shape index (κ2) is 7.86. The number of nitrogens with one attached hydrogen (secondary N) is 1. The van der Waals surface area contributed by atoms with Crippen LogP contribution in [0.2, 0.25) is 0 Å². The predicted octanol–water partition coefficient (Wildman–Crippen LogP) is 4.55. The molecule has 0 unspecified atom stereocenters. The number of carbonyl (C=O) groups is 1. The first-order chi connectivity index (χ1) is 16.1. The third kappa shape index (κ3) is 3.76. The Kier molecular flexibility index (Phi) is 5.07. The zero-order chi connectivity index (χ0) is 24.2. The highest BCUT2D eigenvalue weighted by Crippen LogP contribution is 2.31. The molecule has 0 atom stereocenters. The van der Waals surface area contributed by atoms with Crippen LogP contribution in [0.25, 0.3) is 16.6 Å². The van der Waals surface area contributed by atoms with Crippen molar-refractivity contribution in [3.63, 3.8) is 0 Å². The third-order valence-electron chi connectivity index (χ3n) is 6.15. The summed E-state index contributed by atoms with van der Waals surface area (Å²) < 4.78 is 40.8. The van der Waals surface area contributed by atoms with Crippen LogP contribution < -0.4 is 5.43 Å². The summed E-state index contributed by atoms with van der Waals surface area (Å²) >= 11 is 0. The molecule has 0 saturated heterocycles. The van der Waals surface area contributed by atoms with E-state index in [2.05, 4.69) is 16.1 Å². The van der Waals surface area contributed by atoms with Gasteiger partial charge in [0.15, 0.2) is 5.69 Å². The van der Waals surface area contributed by atoms with E-state index < -0.39 is 23.1 Å². The molecule has 34 heavy (non-hydrogen) atoms. The smallest absolute Gasteiger partial charge is 0.358 e. The van der Waals surface area contributed by atoms with Gasteiger partial charge in [0.1, 0.15) is 0 Å². The molecule has 0 aliphatic carbocycles. The van der Waals surface area contributed by atoms with E-state index >= 15 is 0 Å². The number of hydrogen-bond acceptors (Lipinski definition) is 3. The summed E-state index contributed by atoms with van der Waals surface area (Å²) in [6, 6.07) is 11.9. The van der Waals surface area contributed by atoms with Gasteiger partial charge in [-0.15, -0.1) is 0 Å². The van der Waals surface area contributed by atoms with E-state index in [-0.39, 0.29) is 11.4 Å². The maximum Gasteiger partial charge on any atom is 0.416 e. The Morgan fingerprint density at radius 3 is 2.65 bits per heavy atom. The third-order valence-corrected chi connectivity index (χ3v) is 6.15. The van der Waals surface area contributed by atoms with E-state index in [1.807, 2.05) is 19.1 Å². The molecule has 0 radical (unpaired) electrons. The first kappa shape index (κ1) is 21.9. The molecule has 174 valence electrons. The lowest BCUT2D eigenvalue weighted by Crippen LogP contribution is -2.39. The van der Waals surface area contributed by atoms with Crippen LogP contribution in [0.5, 0.6) is 0 Å². The average molecular weight is 466 g/mol. The largest absolute Gasteiger partial charge is 0.416 e. The summed E-state index contributed by atoms with van der Waals surface area (Å²) in [4.78, 5) is 31.0. The Morgan fingerprint density at radius 2 is 1.88 bits per heavy atom. The van der Waals surface area contributed by atoms with Crippen LogP contribution in [-0.4, -0.2) is 32.1 Å². The minimum Gasteiger partial charge on any atom is -0.358 e. The second-order valence-corrected chi connectivity index (χ2v) is 8.57. The second-order valence-electron chi connectivity index (χ2n) is 8.57. The average Bonchev–Trinajstić information content (AvgIpc) is 3.15. The van der Waals surface area contributed by atoms with Crippen molar-refractivity contribution in [2.45, 2.75) is 33.0 Å². The van der Waals surface area contributed by atoms with Gasteiger partial charge in [-0.05, 0) is 44.2 Å². The molecule has 1 N–H and O–H groups in total. The van der Waals surface area contributed by atoms with Crippen molar-refractivity contribution in [1.82, 2.24) is 19.7 Å². The zero-order valence-corrected chi connectivity index (χ0v) is 18.5. The lowest BCUT2D eigenvalue weighted by atomic mass is 10.0. The molecule has 3 heterocycles. The van der Waals surface area contributed by atoms with Crippen LogP contribution >= 0.6 is 0 Å². The summed E-state index contributed by atoms with van der Waals surface area (Å²) in [6.45, 7) is 4.27. The Balaban J connectivity index is 1.52. The van der Waals surface area contributed by atoms with Crippen molar-refractivity contribution in [3.05, 3.63) is 92.5 Å². The topological polar surface area (TPSA) is 71.0 Å². The number of aromatic nitrogens is 3. The quantitative estimate of drug-likeness (QED) is 0.471. The Morgan fingerprint density at radius 1 is 1.09 bits per heavy atom. The maximum atomic E-state index is 13.3. The normalized spacial score (nSPS) is 13.9. The van der Waals surface area contributed by atoms with Gasteiger partial charge in [0, 0.05) is 53.4 Å². The minimum atomic E-state index is -4.52. The first-order valence-electron chi connectivity index (χ1n) is 10.8. The molecule has 1 amide bonds. The number of nitrogens with zero attached hydrogens (tertiary/aromatic N) is 3. The number of amides is 1. The van der Waals surface area contributed by atoms with Gasteiger partial charge in [0.05, 0.1) is 11.3 Å². The molecule has 1 aliphatic rings. The fourth-order valence-electron chi connectivity index (χ4n) is 4.42. The Bertz CT molecular complexity index is 1500. The van der Waals surface area contributed by atoms with Crippen LogP contribution in [-0.2, 0) is 19.1 Å². The van der Waals surface area contributed by atoms with Crippen molar-refractivity contribution >= 4 is 16.8 Å². The molecule has 1 aliphatic heterocycles. The highest BCUT2D eigenvalue weighted by atomic mass is 19.4. The van der Waals surface area contributed by atoms with E-state index in [1.54, 1.807) is 11.8 Å². The highest BCUT2D eigenvalue weighted by Gasteiger charge is 2.31. The molecule has 5 rings (SSSR count). The summed E-state index contributed by atoms with van der Waals surface area (Å²) in [7, 11) is 0. The van der Waals surface area contributed by atoms with Crippen molar-refractivity contribution in [3.8, 4) is 5.69 Å². The van der Waals surface area contributed by atoms with Crippen LogP contribution in [0, 0.1) is 13.8 Å². The number of benzene rings is 2. The number of rotatable bonds is 2. The van der Waals surface area contributed by atoms with Crippen LogP contribution in [0.3, 0.4) is 0 Å². The first-order valence-corrected chi connectivity index (χ1v) is 10.8. The molecule has 9 heteroatoms. The van der Waals surface area contributed by atoms with Crippen LogP contribution in [0.1, 0.15) is 38.6 Å². The van der Waals surface area contributed by atoms with Gasteiger partial charge in [-0.25, -0.2) is 4.68 Å². The number of H-pyrrole nitrogens is 1. The molecule has 2 aromatic carbocycles. The SMILES string of the molecule is Cc1ccc2[nH]c3c(c2c1)CN(C(=O)c1nn(-c2cccc(C(F)(F)F)c2)c(C)cc1=O)CC3. The molecule has 0 spiro atoms. The van der Waals surface area contributed by atoms with Gasteiger partial charge in [-0.2, -0.15) is 18.3 Å². The summed E-state index contributed by atoms with van der Waals surface area (Å²) in [5, 5.41) is 5.23. The van der Waals surface area contributed by atoms with Crippen LogP contribution in [0.15, 0.2) is 53.3 Å². The maximum absolute atomic E-state index is 13.3. The number of fused-ring (bicyclic) bond motifs is 3. The van der Waals surface area contributed by atoms with Gasteiger partial charge in [0.2, 0.25) is 5.43 Å². The van der Waals surface area contributed by atoms with E-state index in [1.165, 1.54) is 22.9 Å². The number of alkyl halides is 3. The van der Waals surface area contributed by atoms with E-state index in [0.29, 0.717) is 25.2 Å². The van der Waals surface area contributed by atoms with E-state index in [4.69, 9.17) is 0 Å². The van der Waals surface area contributed by atoms with Crippen LogP contribution in [0.4, 0.5) is 13.2 Å². The van der Waals surface area contributed by atoms with Gasteiger partial charge < -0.3 is 9.88 Å². The highest BCUT2D eigenvalue weighted by molar-refractivity contribution is 5.93. The zero-order valence-electron chi connectivity index (χ0n) is 18.5. The van der Waals surface area contributed by atoms with Crippen molar-refractivity contribution in [1.29, 1.82) is 0 Å². The standard InChI is InChI=1S/C25H21F3N4O2/c1-14-6-7-20-18(10-14)19-13-31(9-8-21(19)29-20)24(34)23-22(33)11-15(2)32(30-23)17-5-3-4-16(12-17)25(26,27)28/h3-7,10-12,29H,8-9,13H2,1-2H3. The van der Waals surface area contributed by atoms with Gasteiger partial charge in [0.25, 0.3) is 5.91 Å². The van der Waals surface area contributed by atoms with E-state index in [0.717, 1.165) is 39.9 Å². The molecule has 6 nitrogen and oxygen atoms in total. The Hall–Kier alpha value is -3.88. The van der Waals surface area contributed by atoms with Crippen molar-refractivity contribution in [2.75, 3.05) is 6.54 Å². The summed E-state index contributed by atoms with van der Waals surface area (Å²) in [5.74, 6) is -0.543. The van der Waals surface area contributed by atoms with Gasteiger partial charge in [-0.1, -0.05) is 17.7 Å². The van der Waals surface area contributed by atoms with E-state index in [9.17, 15) is 22.8 Å². The minimum absolute atomic E-state index is 0.120. The molecule has 4 aromatic rings. The number of halogens is 3. The predicted molar refractivity (Wildman–Crippen MR) is 121 cm³/mol.